The maximum atomic E-state index is 13.0. The number of rotatable bonds is 5. The van der Waals surface area contributed by atoms with Gasteiger partial charge in [0.25, 0.3) is 5.91 Å². The van der Waals surface area contributed by atoms with Crippen molar-refractivity contribution in [1.82, 2.24) is 0 Å². The smallest absolute Gasteiger partial charge is 0.335 e. The SMILES string of the molecule is CP(c1ccc(C(=O)O)cc1)c1ccccc1NC(=O)c1ccc(F)cc1. The Hall–Kier alpha value is -3.04. The summed E-state index contributed by atoms with van der Waals surface area (Å²) in [6.07, 6.45) is 0. The second kappa shape index (κ2) is 8.11. The molecular weight excluding hydrogens is 364 g/mol. The fraction of sp³-hybridized carbons (Fsp3) is 0.0476. The standard InChI is InChI=1S/C21H17FNO3P/c1-27(17-12-8-15(9-13-17)21(25)26)19-5-3-2-4-18(19)23-20(24)14-6-10-16(22)11-7-14/h2-13H,1H3,(H,23,24)(H,25,26). The number of benzene rings is 3. The summed E-state index contributed by atoms with van der Waals surface area (Å²) < 4.78 is 13.0. The van der Waals surface area contributed by atoms with Gasteiger partial charge < -0.3 is 10.4 Å². The monoisotopic (exact) mass is 381 g/mol. The van der Waals surface area contributed by atoms with E-state index in [1.807, 2.05) is 30.9 Å². The molecule has 0 spiro atoms. The molecule has 0 saturated heterocycles. The summed E-state index contributed by atoms with van der Waals surface area (Å²) in [5.74, 6) is -1.67. The molecule has 2 N–H and O–H groups in total. The first-order valence-electron chi connectivity index (χ1n) is 8.19. The average molecular weight is 381 g/mol. The van der Waals surface area contributed by atoms with E-state index in [0.717, 1.165) is 10.6 Å². The normalized spacial score (nSPS) is 11.6. The number of nitrogens with one attached hydrogen (secondary N) is 1. The van der Waals surface area contributed by atoms with Crippen molar-refractivity contribution in [3.63, 3.8) is 0 Å². The molecule has 3 aromatic carbocycles. The molecule has 0 fully saturated rings. The Balaban J connectivity index is 1.85. The molecule has 0 aliphatic rings. The van der Waals surface area contributed by atoms with E-state index in [1.54, 1.807) is 24.3 Å². The van der Waals surface area contributed by atoms with Gasteiger partial charge in [0.05, 0.1) is 5.56 Å². The molecule has 1 unspecified atom stereocenters. The molecule has 4 nitrogen and oxygen atoms in total. The average Bonchev–Trinajstić information content (AvgIpc) is 2.68. The molecule has 3 aromatic rings. The lowest BCUT2D eigenvalue weighted by Crippen LogP contribution is -2.20. The first-order valence-corrected chi connectivity index (χ1v) is 9.97. The largest absolute Gasteiger partial charge is 0.478 e. The minimum atomic E-state index is -0.964. The van der Waals surface area contributed by atoms with Gasteiger partial charge in [-0.15, -0.1) is 0 Å². The molecule has 0 saturated carbocycles. The highest BCUT2D eigenvalue weighted by molar-refractivity contribution is 7.72. The summed E-state index contributed by atoms with van der Waals surface area (Å²) in [5.41, 5.74) is 1.29. The minimum Gasteiger partial charge on any atom is -0.478 e. The van der Waals surface area contributed by atoms with Gasteiger partial charge in [-0.1, -0.05) is 30.3 Å². The van der Waals surface area contributed by atoms with Crippen molar-refractivity contribution in [2.75, 3.05) is 12.0 Å². The summed E-state index contributed by atoms with van der Waals surface area (Å²) in [6.45, 7) is 2.05. The van der Waals surface area contributed by atoms with Crippen molar-refractivity contribution in [2.45, 2.75) is 0 Å². The minimum absolute atomic E-state index is 0.236. The van der Waals surface area contributed by atoms with Gasteiger partial charge in [0, 0.05) is 16.6 Å². The highest BCUT2D eigenvalue weighted by Gasteiger charge is 2.15. The summed E-state index contributed by atoms with van der Waals surface area (Å²) in [6, 6.07) is 19.6. The van der Waals surface area contributed by atoms with Crippen LogP contribution in [0.25, 0.3) is 0 Å². The van der Waals surface area contributed by atoms with Gasteiger partial charge in [-0.05, 0) is 62.4 Å². The van der Waals surface area contributed by atoms with E-state index >= 15 is 0 Å². The lowest BCUT2D eigenvalue weighted by molar-refractivity contribution is 0.0696. The van der Waals surface area contributed by atoms with Crippen LogP contribution < -0.4 is 15.9 Å². The van der Waals surface area contributed by atoms with E-state index < -0.39 is 19.7 Å². The number of hydrogen-bond acceptors (Lipinski definition) is 2. The topological polar surface area (TPSA) is 66.4 Å². The number of halogens is 1. The maximum absolute atomic E-state index is 13.0. The van der Waals surface area contributed by atoms with Crippen LogP contribution in [-0.4, -0.2) is 23.6 Å². The fourth-order valence-electron chi connectivity index (χ4n) is 2.63. The Morgan fingerprint density at radius 3 is 2.11 bits per heavy atom. The number of carbonyl (C=O) groups is 2. The predicted octanol–water partition coefficient (Wildman–Crippen LogP) is 3.84. The number of amides is 1. The van der Waals surface area contributed by atoms with E-state index in [1.165, 1.54) is 24.3 Å². The number of para-hydroxylation sites is 1. The second-order valence-corrected chi connectivity index (χ2v) is 8.01. The van der Waals surface area contributed by atoms with Crippen LogP contribution in [0.5, 0.6) is 0 Å². The Morgan fingerprint density at radius 2 is 1.48 bits per heavy atom. The Kier molecular flexibility index (Phi) is 5.63. The first kappa shape index (κ1) is 18.7. The highest BCUT2D eigenvalue weighted by atomic mass is 31.1. The van der Waals surface area contributed by atoms with Crippen molar-refractivity contribution < 1.29 is 19.1 Å². The molecule has 0 aliphatic heterocycles. The summed E-state index contributed by atoms with van der Waals surface area (Å²) in [4.78, 5) is 23.5. The zero-order valence-corrected chi connectivity index (χ0v) is 15.4. The number of carboxylic acid groups (broad SMARTS) is 1. The van der Waals surface area contributed by atoms with Crippen molar-refractivity contribution in [3.8, 4) is 0 Å². The van der Waals surface area contributed by atoms with E-state index in [0.29, 0.717) is 11.3 Å². The number of aromatic carboxylic acids is 1. The Labute approximate surface area is 157 Å². The van der Waals surface area contributed by atoms with Gasteiger partial charge in [-0.25, -0.2) is 9.18 Å². The molecule has 0 heterocycles. The van der Waals surface area contributed by atoms with E-state index in [-0.39, 0.29) is 11.5 Å². The maximum Gasteiger partial charge on any atom is 0.335 e. The molecular formula is C21H17FNO3P. The third-order valence-corrected chi connectivity index (χ3v) is 6.31. The molecule has 3 rings (SSSR count). The van der Waals surface area contributed by atoms with Crippen LogP contribution in [-0.2, 0) is 0 Å². The van der Waals surface area contributed by atoms with Gasteiger partial charge in [-0.3, -0.25) is 4.79 Å². The van der Waals surface area contributed by atoms with E-state index in [2.05, 4.69) is 5.32 Å². The zero-order valence-electron chi connectivity index (χ0n) is 14.5. The van der Waals surface area contributed by atoms with Crippen molar-refractivity contribution in [2.24, 2.45) is 0 Å². The molecule has 27 heavy (non-hydrogen) atoms. The zero-order chi connectivity index (χ0) is 19.4. The first-order chi connectivity index (χ1) is 13.0. The molecule has 0 bridgehead atoms. The van der Waals surface area contributed by atoms with Gasteiger partial charge in [0.2, 0.25) is 0 Å². The molecule has 1 atom stereocenters. The Morgan fingerprint density at radius 1 is 0.889 bits per heavy atom. The predicted molar refractivity (Wildman–Crippen MR) is 106 cm³/mol. The number of anilines is 1. The third kappa shape index (κ3) is 4.39. The lowest BCUT2D eigenvalue weighted by Gasteiger charge is -2.18. The van der Waals surface area contributed by atoms with Crippen LogP contribution >= 0.6 is 7.92 Å². The van der Waals surface area contributed by atoms with Crippen molar-refractivity contribution in [1.29, 1.82) is 0 Å². The molecule has 0 aliphatic carbocycles. The van der Waals surface area contributed by atoms with Crippen LogP contribution in [0.3, 0.4) is 0 Å². The Bertz CT molecular complexity index is 971. The quantitative estimate of drug-likeness (QED) is 0.660. The second-order valence-electron chi connectivity index (χ2n) is 5.89. The van der Waals surface area contributed by atoms with Crippen LogP contribution in [0.15, 0.2) is 72.8 Å². The van der Waals surface area contributed by atoms with Gasteiger partial charge >= 0.3 is 5.97 Å². The van der Waals surface area contributed by atoms with Crippen molar-refractivity contribution in [3.05, 3.63) is 89.7 Å². The fourth-order valence-corrected chi connectivity index (χ4v) is 4.31. The lowest BCUT2D eigenvalue weighted by atomic mass is 10.2. The summed E-state index contributed by atoms with van der Waals surface area (Å²) >= 11 is 0. The molecule has 136 valence electrons. The number of carbonyl (C=O) groups excluding carboxylic acids is 1. The van der Waals surface area contributed by atoms with Crippen LogP contribution in [0.1, 0.15) is 20.7 Å². The van der Waals surface area contributed by atoms with Crippen LogP contribution in [0.4, 0.5) is 10.1 Å². The van der Waals surface area contributed by atoms with Gasteiger partial charge in [0.1, 0.15) is 5.82 Å². The summed E-state index contributed by atoms with van der Waals surface area (Å²) in [5, 5.41) is 13.9. The summed E-state index contributed by atoms with van der Waals surface area (Å²) in [7, 11) is -0.796. The molecule has 1 amide bonds. The molecule has 0 aromatic heterocycles. The van der Waals surface area contributed by atoms with Crippen molar-refractivity contribution >= 4 is 36.1 Å². The molecule has 6 heteroatoms. The van der Waals surface area contributed by atoms with E-state index in [4.69, 9.17) is 5.11 Å². The molecule has 0 radical (unpaired) electrons. The van der Waals surface area contributed by atoms with Crippen LogP contribution in [0.2, 0.25) is 0 Å². The number of carboxylic acids is 1. The van der Waals surface area contributed by atoms with Gasteiger partial charge in [-0.2, -0.15) is 0 Å². The number of hydrogen-bond donors (Lipinski definition) is 2. The van der Waals surface area contributed by atoms with Gasteiger partial charge in [0.15, 0.2) is 0 Å². The highest BCUT2D eigenvalue weighted by Crippen LogP contribution is 2.32. The third-order valence-electron chi connectivity index (χ3n) is 4.12. The van der Waals surface area contributed by atoms with E-state index in [9.17, 15) is 14.0 Å². The van der Waals surface area contributed by atoms with Crippen LogP contribution in [0, 0.1) is 5.82 Å².